The van der Waals surface area contributed by atoms with Crippen LogP contribution in [0.5, 0.6) is 17.2 Å². The van der Waals surface area contributed by atoms with Gasteiger partial charge in [0.05, 0.1) is 24.4 Å². The summed E-state index contributed by atoms with van der Waals surface area (Å²) in [5.41, 5.74) is 2.45. The van der Waals surface area contributed by atoms with Crippen molar-refractivity contribution in [3.8, 4) is 17.2 Å². The molecule has 150 valence electrons. The highest BCUT2D eigenvalue weighted by atomic mass is 16.6. The zero-order valence-electron chi connectivity index (χ0n) is 16.4. The Labute approximate surface area is 168 Å². The molecule has 0 spiro atoms. The molecule has 0 atom stereocenters. The van der Waals surface area contributed by atoms with Gasteiger partial charge in [-0.3, -0.25) is 4.98 Å². The van der Waals surface area contributed by atoms with E-state index < -0.39 is 5.97 Å². The molecule has 1 aromatic heterocycles. The Hall–Kier alpha value is -3.48. The molecule has 0 radical (unpaired) electrons. The molecule has 0 bridgehead atoms. The molecule has 0 saturated carbocycles. The third-order valence-corrected chi connectivity index (χ3v) is 4.46. The van der Waals surface area contributed by atoms with Gasteiger partial charge in [0.15, 0.2) is 11.5 Å². The van der Waals surface area contributed by atoms with E-state index in [2.05, 4.69) is 10.3 Å². The van der Waals surface area contributed by atoms with E-state index in [1.165, 1.54) is 6.20 Å². The van der Waals surface area contributed by atoms with E-state index >= 15 is 0 Å². The van der Waals surface area contributed by atoms with Crippen LogP contribution in [-0.4, -0.2) is 37.4 Å². The molecule has 2 aromatic carbocycles. The molecule has 0 fully saturated rings. The number of anilines is 2. The van der Waals surface area contributed by atoms with Crippen LogP contribution in [0.4, 0.5) is 11.4 Å². The van der Waals surface area contributed by atoms with Crippen LogP contribution < -0.4 is 19.5 Å². The van der Waals surface area contributed by atoms with Crippen molar-refractivity contribution in [2.24, 2.45) is 0 Å². The van der Waals surface area contributed by atoms with Gasteiger partial charge in [0.1, 0.15) is 24.5 Å². The van der Waals surface area contributed by atoms with Crippen LogP contribution in [0.1, 0.15) is 24.2 Å². The van der Waals surface area contributed by atoms with Crippen LogP contribution in [0, 0.1) is 0 Å². The molecule has 1 aliphatic rings. The first-order valence-corrected chi connectivity index (χ1v) is 9.59. The van der Waals surface area contributed by atoms with E-state index in [1.807, 2.05) is 43.3 Å². The highest BCUT2D eigenvalue weighted by Crippen LogP contribution is 2.36. The zero-order chi connectivity index (χ0) is 20.2. The summed E-state index contributed by atoms with van der Waals surface area (Å²) in [7, 11) is 0. The van der Waals surface area contributed by atoms with E-state index in [1.54, 1.807) is 6.92 Å². The Bertz CT molecular complexity index is 1050. The quantitative estimate of drug-likeness (QED) is 0.624. The maximum Gasteiger partial charge on any atom is 0.341 e. The second-order valence-electron chi connectivity index (χ2n) is 6.36. The van der Waals surface area contributed by atoms with Gasteiger partial charge in [0.25, 0.3) is 0 Å². The number of aromatic nitrogens is 1. The van der Waals surface area contributed by atoms with Crippen LogP contribution in [-0.2, 0) is 4.74 Å². The van der Waals surface area contributed by atoms with Gasteiger partial charge in [0.2, 0.25) is 0 Å². The van der Waals surface area contributed by atoms with Gasteiger partial charge < -0.3 is 24.3 Å². The molecule has 3 aromatic rings. The first-order valence-electron chi connectivity index (χ1n) is 9.59. The number of benzene rings is 2. The minimum absolute atomic E-state index is 0.277. The van der Waals surface area contributed by atoms with Crippen molar-refractivity contribution in [3.63, 3.8) is 0 Å². The number of nitrogens with one attached hydrogen (secondary N) is 1. The van der Waals surface area contributed by atoms with Crippen molar-refractivity contribution in [1.82, 2.24) is 4.98 Å². The predicted molar refractivity (Wildman–Crippen MR) is 110 cm³/mol. The van der Waals surface area contributed by atoms with E-state index in [9.17, 15) is 4.79 Å². The lowest BCUT2D eigenvalue weighted by molar-refractivity contribution is 0.0527. The highest BCUT2D eigenvalue weighted by molar-refractivity contribution is 6.06. The van der Waals surface area contributed by atoms with E-state index in [0.717, 1.165) is 16.6 Å². The molecule has 1 N–H and O–H groups in total. The first kappa shape index (κ1) is 18.9. The number of rotatable bonds is 6. The third-order valence-electron chi connectivity index (χ3n) is 4.46. The van der Waals surface area contributed by atoms with Crippen LogP contribution >= 0.6 is 0 Å². The predicted octanol–water partition coefficient (Wildman–Crippen LogP) is 4.33. The summed E-state index contributed by atoms with van der Waals surface area (Å²) >= 11 is 0. The molecule has 1 aliphatic heterocycles. The highest BCUT2D eigenvalue weighted by Gasteiger charge is 2.19. The fourth-order valence-electron chi connectivity index (χ4n) is 3.19. The second-order valence-corrected chi connectivity index (χ2v) is 6.36. The lowest BCUT2D eigenvalue weighted by Crippen LogP contribution is -2.15. The number of carbonyl (C=O) groups is 1. The summed E-state index contributed by atoms with van der Waals surface area (Å²) in [5, 5.41) is 4.10. The number of nitrogens with zero attached hydrogens (tertiary/aromatic N) is 1. The molecule has 2 heterocycles. The SMILES string of the molecule is CCOC(=O)c1cnc2ccc(OCC)cc2c1Nc1ccc2c(c1)OCCO2. The van der Waals surface area contributed by atoms with Gasteiger partial charge in [0, 0.05) is 23.3 Å². The minimum atomic E-state index is -0.441. The van der Waals surface area contributed by atoms with Crippen molar-refractivity contribution < 1.29 is 23.7 Å². The second kappa shape index (κ2) is 8.26. The molecule has 0 amide bonds. The molecule has 4 rings (SSSR count). The third kappa shape index (κ3) is 3.89. The molecular formula is C22H22N2O5. The summed E-state index contributed by atoms with van der Waals surface area (Å²) in [6.45, 7) is 5.54. The maximum atomic E-state index is 12.6. The monoisotopic (exact) mass is 394 g/mol. The average Bonchev–Trinajstić information content (AvgIpc) is 2.74. The van der Waals surface area contributed by atoms with Gasteiger partial charge in [-0.2, -0.15) is 0 Å². The zero-order valence-corrected chi connectivity index (χ0v) is 16.4. The number of ether oxygens (including phenoxy) is 4. The fourth-order valence-corrected chi connectivity index (χ4v) is 3.19. The van der Waals surface area contributed by atoms with Crippen LogP contribution in [0.25, 0.3) is 10.9 Å². The molecule has 0 aliphatic carbocycles. The number of pyridine rings is 1. The van der Waals surface area contributed by atoms with Crippen molar-refractivity contribution in [3.05, 3.63) is 48.2 Å². The summed E-state index contributed by atoms with van der Waals surface area (Å²) in [4.78, 5) is 17.0. The molecule has 0 unspecified atom stereocenters. The smallest absolute Gasteiger partial charge is 0.341 e. The Morgan fingerprint density at radius 2 is 1.90 bits per heavy atom. The standard InChI is InChI=1S/C22H22N2O5/c1-3-26-15-6-7-18-16(12-15)21(17(13-23-18)22(25)27-4-2)24-14-5-8-19-20(11-14)29-10-9-28-19/h5-8,11-13H,3-4,9-10H2,1-2H3,(H,23,24). The number of fused-ring (bicyclic) bond motifs is 2. The van der Waals surface area contributed by atoms with E-state index in [4.69, 9.17) is 18.9 Å². The minimum Gasteiger partial charge on any atom is -0.494 e. The van der Waals surface area contributed by atoms with Crippen molar-refractivity contribution >= 4 is 28.2 Å². The maximum absolute atomic E-state index is 12.6. The molecule has 7 heteroatoms. The first-order chi connectivity index (χ1) is 14.2. The van der Waals surface area contributed by atoms with Crippen molar-refractivity contribution in [2.45, 2.75) is 13.8 Å². The summed E-state index contributed by atoms with van der Waals surface area (Å²) in [6.07, 6.45) is 1.53. The largest absolute Gasteiger partial charge is 0.494 e. The fraction of sp³-hybridized carbons (Fsp3) is 0.273. The lowest BCUT2D eigenvalue weighted by atomic mass is 10.1. The van der Waals surface area contributed by atoms with Gasteiger partial charge in [-0.05, 0) is 44.2 Å². The molecule has 0 saturated heterocycles. The molecule has 29 heavy (non-hydrogen) atoms. The number of carbonyl (C=O) groups excluding carboxylic acids is 1. The summed E-state index contributed by atoms with van der Waals surface area (Å²) in [6, 6.07) is 11.2. The Balaban J connectivity index is 1.81. The van der Waals surface area contributed by atoms with Gasteiger partial charge in [-0.1, -0.05) is 0 Å². The Morgan fingerprint density at radius 3 is 2.69 bits per heavy atom. The summed E-state index contributed by atoms with van der Waals surface area (Å²) < 4.78 is 22.1. The molecule has 7 nitrogen and oxygen atoms in total. The van der Waals surface area contributed by atoms with Crippen molar-refractivity contribution in [2.75, 3.05) is 31.7 Å². The molecular weight excluding hydrogens is 372 g/mol. The lowest BCUT2D eigenvalue weighted by Gasteiger charge is -2.20. The Kier molecular flexibility index (Phi) is 5.37. The van der Waals surface area contributed by atoms with E-state index in [0.29, 0.717) is 48.3 Å². The number of hydrogen-bond acceptors (Lipinski definition) is 7. The topological polar surface area (TPSA) is 78.9 Å². The van der Waals surface area contributed by atoms with Crippen LogP contribution in [0.2, 0.25) is 0 Å². The van der Waals surface area contributed by atoms with Gasteiger partial charge in [-0.15, -0.1) is 0 Å². The van der Waals surface area contributed by atoms with E-state index in [-0.39, 0.29) is 6.61 Å². The van der Waals surface area contributed by atoms with Crippen molar-refractivity contribution in [1.29, 1.82) is 0 Å². The number of hydrogen-bond donors (Lipinski definition) is 1. The van der Waals surface area contributed by atoms with Gasteiger partial charge >= 0.3 is 5.97 Å². The van der Waals surface area contributed by atoms with Crippen LogP contribution in [0.15, 0.2) is 42.6 Å². The van der Waals surface area contributed by atoms with Crippen LogP contribution in [0.3, 0.4) is 0 Å². The number of esters is 1. The normalized spacial score (nSPS) is 12.5. The Morgan fingerprint density at radius 1 is 1.07 bits per heavy atom. The van der Waals surface area contributed by atoms with Gasteiger partial charge in [-0.25, -0.2) is 4.79 Å². The summed E-state index contributed by atoms with van der Waals surface area (Å²) in [5.74, 6) is 1.62. The average molecular weight is 394 g/mol.